The number of benzene rings is 1. The minimum atomic E-state index is -3.53. The van der Waals surface area contributed by atoms with Gasteiger partial charge in [0, 0.05) is 25.0 Å². The lowest BCUT2D eigenvalue weighted by Gasteiger charge is -2.21. The van der Waals surface area contributed by atoms with E-state index in [2.05, 4.69) is 10.3 Å². The molecule has 1 N–H and O–H groups in total. The minimum Gasteiger partial charge on any atom is -0.321 e. The Hall–Kier alpha value is -2.25. The third kappa shape index (κ3) is 3.94. The number of rotatable bonds is 5. The van der Waals surface area contributed by atoms with Crippen molar-refractivity contribution in [2.24, 2.45) is 0 Å². The summed E-state index contributed by atoms with van der Waals surface area (Å²) in [5.74, 6) is -0.347. The van der Waals surface area contributed by atoms with Crippen LogP contribution in [0.4, 0.5) is 5.69 Å². The molecule has 0 fully saturated rings. The Morgan fingerprint density at radius 2 is 1.78 bits per heavy atom. The predicted molar refractivity (Wildman–Crippen MR) is 88.7 cm³/mol. The van der Waals surface area contributed by atoms with Gasteiger partial charge in [-0.25, -0.2) is 8.42 Å². The fraction of sp³-hybridized carbons (Fsp3) is 0.250. The highest BCUT2D eigenvalue weighted by molar-refractivity contribution is 7.89. The van der Waals surface area contributed by atoms with Crippen molar-refractivity contribution in [3.05, 3.63) is 54.4 Å². The van der Waals surface area contributed by atoms with Gasteiger partial charge < -0.3 is 5.32 Å². The number of anilines is 1. The van der Waals surface area contributed by atoms with E-state index in [-0.39, 0.29) is 16.8 Å². The number of hydrogen-bond acceptors (Lipinski definition) is 4. The number of hydrogen-bond donors (Lipinski definition) is 1. The summed E-state index contributed by atoms with van der Waals surface area (Å²) in [7, 11) is -1.99. The normalized spacial score (nSPS) is 11.7. The summed E-state index contributed by atoms with van der Waals surface area (Å²) >= 11 is 0. The van der Waals surface area contributed by atoms with Gasteiger partial charge in [0.15, 0.2) is 0 Å². The lowest BCUT2D eigenvalue weighted by Crippen LogP contribution is -2.33. The van der Waals surface area contributed by atoms with Crippen LogP contribution in [0.15, 0.2) is 53.6 Å². The number of nitrogens with zero attached hydrogens (tertiary/aromatic N) is 2. The maximum atomic E-state index is 12.4. The molecule has 7 heteroatoms. The summed E-state index contributed by atoms with van der Waals surface area (Å²) in [4.78, 5) is 16.1. The highest BCUT2D eigenvalue weighted by Gasteiger charge is 2.22. The molecule has 0 bridgehead atoms. The third-order valence-electron chi connectivity index (χ3n) is 3.41. The second-order valence-corrected chi connectivity index (χ2v) is 7.31. The molecule has 0 aliphatic carbocycles. The van der Waals surface area contributed by atoms with Crippen LogP contribution < -0.4 is 5.32 Å². The highest BCUT2D eigenvalue weighted by Crippen LogP contribution is 2.19. The van der Waals surface area contributed by atoms with Crippen LogP contribution in [0.5, 0.6) is 0 Å². The molecule has 2 rings (SSSR count). The van der Waals surface area contributed by atoms with E-state index in [0.717, 1.165) is 0 Å². The van der Waals surface area contributed by atoms with Crippen molar-refractivity contribution in [2.75, 3.05) is 12.4 Å². The maximum absolute atomic E-state index is 12.4. The maximum Gasteiger partial charge on any atom is 0.274 e. The Balaban J connectivity index is 2.16. The van der Waals surface area contributed by atoms with Crippen molar-refractivity contribution in [1.82, 2.24) is 9.29 Å². The van der Waals surface area contributed by atoms with Gasteiger partial charge in [-0.3, -0.25) is 9.78 Å². The summed E-state index contributed by atoms with van der Waals surface area (Å²) < 4.78 is 26.0. The first-order valence-corrected chi connectivity index (χ1v) is 8.57. The molecule has 0 unspecified atom stereocenters. The van der Waals surface area contributed by atoms with Crippen LogP contribution in [-0.4, -0.2) is 36.7 Å². The van der Waals surface area contributed by atoms with Crippen molar-refractivity contribution >= 4 is 21.6 Å². The number of carbonyl (C=O) groups excluding carboxylic acids is 1. The second kappa shape index (κ2) is 6.89. The molecular weight excluding hydrogens is 314 g/mol. The van der Waals surface area contributed by atoms with Crippen LogP contribution in [-0.2, 0) is 10.0 Å². The monoisotopic (exact) mass is 333 g/mol. The molecule has 0 aliphatic rings. The van der Waals surface area contributed by atoms with Gasteiger partial charge in [-0.2, -0.15) is 4.31 Å². The fourth-order valence-electron chi connectivity index (χ4n) is 1.85. The van der Waals surface area contributed by atoms with E-state index in [1.807, 2.05) is 0 Å². The van der Waals surface area contributed by atoms with Crippen molar-refractivity contribution in [3.8, 4) is 0 Å². The number of amides is 1. The van der Waals surface area contributed by atoms with Crippen molar-refractivity contribution < 1.29 is 13.2 Å². The molecule has 122 valence electrons. The van der Waals surface area contributed by atoms with Gasteiger partial charge in [0.25, 0.3) is 5.91 Å². The molecule has 1 aromatic heterocycles. The van der Waals surface area contributed by atoms with Crippen molar-refractivity contribution in [1.29, 1.82) is 0 Å². The summed E-state index contributed by atoms with van der Waals surface area (Å²) in [6, 6.07) is 11.0. The van der Waals surface area contributed by atoms with Gasteiger partial charge in [0.1, 0.15) is 5.69 Å². The van der Waals surface area contributed by atoms with E-state index in [1.165, 1.54) is 29.7 Å². The second-order valence-electron chi connectivity index (χ2n) is 5.31. The highest BCUT2D eigenvalue weighted by atomic mass is 32.2. The van der Waals surface area contributed by atoms with Crippen LogP contribution in [0.3, 0.4) is 0 Å². The molecule has 0 aliphatic heterocycles. The van der Waals surface area contributed by atoms with Crippen LogP contribution in [0, 0.1) is 0 Å². The van der Waals surface area contributed by atoms with Crippen LogP contribution >= 0.6 is 0 Å². The number of aromatic nitrogens is 1. The van der Waals surface area contributed by atoms with Gasteiger partial charge in [-0.1, -0.05) is 6.07 Å². The van der Waals surface area contributed by atoms with Crippen molar-refractivity contribution in [3.63, 3.8) is 0 Å². The standard InChI is InChI=1S/C16H19N3O3S/c1-12(2)19(3)23(21,22)14-9-7-13(8-10-14)18-16(20)15-6-4-5-11-17-15/h4-12H,1-3H3,(H,18,20). The van der Waals surface area contributed by atoms with E-state index in [4.69, 9.17) is 0 Å². The Morgan fingerprint density at radius 1 is 1.13 bits per heavy atom. The fourth-order valence-corrected chi connectivity index (χ4v) is 3.21. The van der Waals surface area contributed by atoms with E-state index in [1.54, 1.807) is 44.2 Å². The van der Waals surface area contributed by atoms with Gasteiger partial charge in [-0.05, 0) is 50.2 Å². The van der Waals surface area contributed by atoms with E-state index < -0.39 is 10.0 Å². The van der Waals surface area contributed by atoms with Crippen LogP contribution in [0.25, 0.3) is 0 Å². The number of pyridine rings is 1. The Labute approximate surface area is 136 Å². The first-order valence-electron chi connectivity index (χ1n) is 7.13. The molecular formula is C16H19N3O3S. The third-order valence-corrected chi connectivity index (χ3v) is 5.46. The molecule has 0 saturated carbocycles. The smallest absolute Gasteiger partial charge is 0.274 e. The van der Waals surface area contributed by atoms with E-state index in [0.29, 0.717) is 11.4 Å². The SMILES string of the molecule is CC(C)N(C)S(=O)(=O)c1ccc(NC(=O)c2ccccn2)cc1. The predicted octanol–water partition coefficient (Wildman–Crippen LogP) is 2.36. The lowest BCUT2D eigenvalue weighted by atomic mass is 10.3. The first-order chi connectivity index (χ1) is 10.8. The topological polar surface area (TPSA) is 79.4 Å². The summed E-state index contributed by atoms with van der Waals surface area (Å²) in [6.07, 6.45) is 1.53. The first kappa shape index (κ1) is 17.1. The molecule has 0 radical (unpaired) electrons. The molecule has 23 heavy (non-hydrogen) atoms. The molecule has 0 spiro atoms. The lowest BCUT2D eigenvalue weighted by molar-refractivity contribution is 0.102. The Kier molecular flexibility index (Phi) is 5.12. The van der Waals surface area contributed by atoms with E-state index in [9.17, 15) is 13.2 Å². The molecule has 0 saturated heterocycles. The molecule has 0 atom stereocenters. The average molecular weight is 333 g/mol. The quantitative estimate of drug-likeness (QED) is 0.911. The summed E-state index contributed by atoms with van der Waals surface area (Å²) in [5, 5.41) is 2.68. The molecule has 1 aromatic carbocycles. The van der Waals surface area contributed by atoms with Gasteiger partial charge in [-0.15, -0.1) is 0 Å². The number of sulfonamides is 1. The Bertz CT molecular complexity index is 772. The Morgan fingerprint density at radius 3 is 2.30 bits per heavy atom. The van der Waals surface area contributed by atoms with Crippen molar-refractivity contribution in [2.45, 2.75) is 24.8 Å². The van der Waals surface area contributed by atoms with Crippen LogP contribution in [0.2, 0.25) is 0 Å². The molecule has 1 heterocycles. The summed E-state index contributed by atoms with van der Waals surface area (Å²) in [5.41, 5.74) is 0.801. The zero-order chi connectivity index (χ0) is 17.0. The van der Waals surface area contributed by atoms with Crippen LogP contribution in [0.1, 0.15) is 24.3 Å². The van der Waals surface area contributed by atoms with E-state index >= 15 is 0 Å². The minimum absolute atomic E-state index is 0.136. The van der Waals surface area contributed by atoms with Gasteiger partial charge >= 0.3 is 0 Å². The molecule has 1 amide bonds. The number of nitrogens with one attached hydrogen (secondary N) is 1. The zero-order valence-corrected chi connectivity index (χ0v) is 14.0. The molecule has 2 aromatic rings. The summed E-state index contributed by atoms with van der Waals surface area (Å²) in [6.45, 7) is 3.61. The average Bonchev–Trinajstić information content (AvgIpc) is 2.55. The largest absolute Gasteiger partial charge is 0.321 e. The van der Waals surface area contributed by atoms with Gasteiger partial charge in [0.2, 0.25) is 10.0 Å². The number of carbonyl (C=O) groups is 1. The van der Waals surface area contributed by atoms with Gasteiger partial charge in [0.05, 0.1) is 4.90 Å². The molecule has 6 nitrogen and oxygen atoms in total. The zero-order valence-electron chi connectivity index (χ0n) is 13.2.